The van der Waals surface area contributed by atoms with Gasteiger partial charge in [0.15, 0.2) is 0 Å². The quantitative estimate of drug-likeness (QED) is 0.223. The highest BCUT2D eigenvalue weighted by Gasteiger charge is 2.85. The molecule has 0 radical (unpaired) electrons. The van der Waals surface area contributed by atoms with E-state index in [0.29, 0.717) is 0 Å². The first-order valence-corrected chi connectivity index (χ1v) is 44.3. The van der Waals surface area contributed by atoms with Crippen LogP contribution in [-0.2, 0) is 45.3 Å². The number of fused-ring (bicyclic) bond motifs is 4. The molecule has 0 aromatic heterocycles. The van der Waals surface area contributed by atoms with Crippen LogP contribution in [0.25, 0.3) is 0 Å². The van der Waals surface area contributed by atoms with Crippen LogP contribution >= 0.6 is 0 Å². The zero-order valence-electron chi connectivity index (χ0n) is 42.3. The van der Waals surface area contributed by atoms with E-state index in [4.69, 9.17) is 45.3 Å². The summed E-state index contributed by atoms with van der Waals surface area (Å²) in [6.45, 7) is 0. The average molecular weight is 1100 g/mol. The minimum atomic E-state index is -4.37. The second kappa shape index (κ2) is 20.9. The minimum Gasteiger partial charge on any atom is -0.390 e. The molecule has 0 aromatic rings. The second-order valence-corrected chi connectivity index (χ2v) is 50.0. The molecule has 4 aliphatic heterocycles. The van der Waals surface area contributed by atoms with E-state index in [1.54, 1.807) is 0 Å². The van der Waals surface area contributed by atoms with Gasteiger partial charge in [0.05, 0.1) is 0 Å². The van der Waals surface area contributed by atoms with E-state index in [0.717, 1.165) is 244 Å². The summed E-state index contributed by atoms with van der Waals surface area (Å²) < 4.78 is 93.1. The average Bonchev–Trinajstić information content (AvgIpc) is 3.39. The predicted molar refractivity (Wildman–Crippen MR) is 277 cm³/mol. The minimum absolute atomic E-state index is 0.0344. The van der Waals surface area contributed by atoms with Crippen molar-refractivity contribution in [3.05, 3.63) is 0 Å². The van der Waals surface area contributed by atoms with Crippen LogP contribution in [0.3, 0.4) is 0 Å². The first-order valence-electron chi connectivity index (χ1n) is 29.8. The summed E-state index contributed by atoms with van der Waals surface area (Å²) in [5.74, 6) is 0. The lowest BCUT2D eigenvalue weighted by Crippen LogP contribution is -2.88. The Hall–Kier alpha value is 1.22. The Kier molecular flexibility index (Phi) is 15.4. The van der Waals surface area contributed by atoms with Crippen molar-refractivity contribution in [1.82, 2.24) is 0 Å². The predicted octanol–water partition coefficient (Wildman–Crippen LogP) is 13.4. The largest absolute Gasteiger partial charge is 0.486 e. The monoisotopic (exact) mass is 1100 g/mol. The lowest BCUT2D eigenvalue weighted by Gasteiger charge is -2.65. The maximum Gasteiger partial charge on any atom is 0.486 e. The summed E-state index contributed by atoms with van der Waals surface area (Å²) in [5, 5.41) is 0. The van der Waals surface area contributed by atoms with Crippen LogP contribution in [0.4, 0.5) is 0 Å². The molecular weight excluding hydrogens is 1010 g/mol. The van der Waals surface area contributed by atoms with Crippen molar-refractivity contribution in [3.8, 4) is 0 Å². The van der Waals surface area contributed by atoms with Gasteiger partial charge in [-0.15, -0.1) is 0 Å². The molecule has 6 bridgehead atoms. The SMILES string of the molecule is O[Si]1(C2CCCCC2)O[Si]2(C3CCCCC3)O[Si]3(C4CCCCC4)O[Si](O)(C4CCCCC4)O[Si]4(C5CCCCC5)O[Si](C5CCCCC5)(O1)O[Si](C1CCCCC1)(O2)O[Si](C1CCCCC1)(O3)O4. The molecule has 0 aromatic carbocycles. The van der Waals surface area contributed by atoms with E-state index in [-0.39, 0.29) is 44.3 Å². The second-order valence-electron chi connectivity index (χ2n) is 24.7. The van der Waals surface area contributed by atoms with Crippen molar-refractivity contribution in [2.75, 3.05) is 0 Å². The maximum absolute atomic E-state index is 14.4. The van der Waals surface area contributed by atoms with Crippen molar-refractivity contribution in [3.63, 3.8) is 0 Å². The van der Waals surface area contributed by atoms with Gasteiger partial charge < -0.3 is 54.9 Å². The van der Waals surface area contributed by atoms with E-state index >= 15 is 0 Å². The zero-order valence-corrected chi connectivity index (χ0v) is 50.3. The standard InChI is InChI=1S/C48H90O13Si8/c49-62(41-25-9-1-10-26-41)51-64(43-29-13-3-14-30-43)55-66(45-33-17-5-18-34-45)53-63(50,42-27-11-2-12-28-42)54-67(46-35-19-6-20-36-46)56-65(52-62,44-31-15-4-16-32-44)58-68(57-64,47-37-21-7-22-38-47)61-69(59-66,60-67)48-39-23-8-24-40-48/h41-50H,1-40H2. The highest BCUT2D eigenvalue weighted by atomic mass is 28.6. The molecule has 2 N–H and O–H groups in total. The molecule has 0 spiro atoms. The molecular formula is C48H90O13Si8. The van der Waals surface area contributed by atoms with Gasteiger partial charge in [-0.3, -0.25) is 0 Å². The number of hydrogen-bond donors (Lipinski definition) is 2. The Morgan fingerprint density at radius 1 is 0.174 bits per heavy atom. The molecule has 12 aliphatic rings. The molecule has 13 nitrogen and oxygen atoms in total. The molecule has 12 fully saturated rings. The molecule has 392 valence electrons. The first-order chi connectivity index (χ1) is 33.6. The van der Waals surface area contributed by atoms with Crippen LogP contribution in [0.15, 0.2) is 0 Å². The van der Waals surface area contributed by atoms with Crippen molar-refractivity contribution >= 4 is 70.4 Å². The van der Waals surface area contributed by atoms with Crippen molar-refractivity contribution < 1.29 is 54.9 Å². The fourth-order valence-corrected chi connectivity index (χ4v) is 68.2. The normalized spacial score (nSPS) is 46.3. The van der Waals surface area contributed by atoms with Crippen LogP contribution < -0.4 is 0 Å². The number of rotatable bonds is 8. The first kappa shape index (κ1) is 51.0. The molecule has 4 atom stereocenters. The van der Waals surface area contributed by atoms with Gasteiger partial charge in [-0.2, -0.15) is 0 Å². The fourth-order valence-electron chi connectivity index (χ4n) is 16.1. The van der Waals surface area contributed by atoms with Gasteiger partial charge in [0.25, 0.3) is 0 Å². The van der Waals surface area contributed by atoms with E-state index in [9.17, 15) is 9.59 Å². The molecule has 4 unspecified atom stereocenters. The van der Waals surface area contributed by atoms with E-state index in [2.05, 4.69) is 0 Å². The van der Waals surface area contributed by atoms with E-state index < -0.39 is 70.4 Å². The summed E-state index contributed by atoms with van der Waals surface area (Å²) in [6, 6.07) is 0. The van der Waals surface area contributed by atoms with Gasteiger partial charge in [0.1, 0.15) is 0 Å². The molecule has 0 amide bonds. The summed E-state index contributed by atoms with van der Waals surface area (Å²) >= 11 is 0. The van der Waals surface area contributed by atoms with Crippen LogP contribution in [0.1, 0.15) is 257 Å². The Labute approximate surface area is 424 Å². The van der Waals surface area contributed by atoms with Crippen molar-refractivity contribution in [2.45, 2.75) is 301 Å². The third kappa shape index (κ3) is 9.74. The highest BCUT2D eigenvalue weighted by Crippen LogP contribution is 2.64. The third-order valence-corrected chi connectivity index (χ3v) is 57.9. The Balaban J connectivity index is 1.18. The number of hydrogen-bond acceptors (Lipinski definition) is 13. The van der Waals surface area contributed by atoms with E-state index in [1.165, 1.54) is 12.8 Å². The molecule has 8 aliphatic carbocycles. The lowest BCUT2D eigenvalue weighted by molar-refractivity contribution is -0.0336. The topological polar surface area (TPSA) is 142 Å². The van der Waals surface area contributed by atoms with Crippen LogP contribution in [0, 0.1) is 0 Å². The van der Waals surface area contributed by atoms with Crippen LogP contribution in [-0.4, -0.2) is 80.0 Å². The summed E-state index contributed by atoms with van der Waals surface area (Å²) in [4.78, 5) is 28.9. The molecule has 4 heterocycles. The van der Waals surface area contributed by atoms with Crippen molar-refractivity contribution in [1.29, 1.82) is 0 Å². The van der Waals surface area contributed by atoms with Crippen LogP contribution in [0.2, 0.25) is 44.3 Å². The van der Waals surface area contributed by atoms with Crippen LogP contribution in [0.5, 0.6) is 0 Å². The van der Waals surface area contributed by atoms with E-state index in [1.807, 2.05) is 0 Å². The smallest absolute Gasteiger partial charge is 0.390 e. The molecule has 12 rings (SSSR count). The van der Waals surface area contributed by atoms with Gasteiger partial charge in [0.2, 0.25) is 0 Å². The van der Waals surface area contributed by atoms with Gasteiger partial charge in [-0.1, -0.05) is 154 Å². The van der Waals surface area contributed by atoms with Gasteiger partial charge >= 0.3 is 70.4 Å². The molecule has 21 heteroatoms. The van der Waals surface area contributed by atoms with Gasteiger partial charge in [0, 0.05) is 44.3 Å². The Bertz CT molecular complexity index is 1530. The summed E-state index contributed by atoms with van der Waals surface area (Å²) in [6.07, 6.45) is 39.8. The maximum atomic E-state index is 14.4. The molecule has 69 heavy (non-hydrogen) atoms. The fraction of sp³-hybridized carbons (Fsp3) is 1.00. The van der Waals surface area contributed by atoms with Gasteiger partial charge in [-0.25, -0.2) is 0 Å². The summed E-state index contributed by atoms with van der Waals surface area (Å²) in [7, 11) is -34.1. The highest BCUT2D eigenvalue weighted by molar-refractivity contribution is 7.02. The van der Waals surface area contributed by atoms with Crippen molar-refractivity contribution in [2.24, 2.45) is 0 Å². The lowest BCUT2D eigenvalue weighted by atomic mass is 10.0. The Morgan fingerprint density at radius 2 is 0.304 bits per heavy atom. The third-order valence-electron chi connectivity index (χ3n) is 20.0. The molecule has 8 saturated carbocycles. The Morgan fingerprint density at radius 3 is 0.464 bits per heavy atom. The zero-order chi connectivity index (χ0) is 46.7. The molecule has 4 saturated heterocycles. The van der Waals surface area contributed by atoms with Gasteiger partial charge in [-0.05, 0) is 103 Å². The summed E-state index contributed by atoms with van der Waals surface area (Å²) in [5.41, 5.74) is -0.943.